The predicted octanol–water partition coefficient (Wildman–Crippen LogP) is 3.39. The topological polar surface area (TPSA) is 0 Å². The summed E-state index contributed by atoms with van der Waals surface area (Å²) in [5, 5.41) is 0. The minimum absolute atomic E-state index is 0. The molecule has 0 amide bonds. The molecule has 0 bridgehead atoms. The summed E-state index contributed by atoms with van der Waals surface area (Å²) in [6, 6.07) is 0. The Bertz CT molecular complexity index is 183. The Balaban J connectivity index is 0. The Hall–Kier alpha value is 1.23. The Labute approximate surface area is 134 Å². The van der Waals surface area contributed by atoms with Gasteiger partial charge in [-0.05, 0) is 19.3 Å². The van der Waals surface area contributed by atoms with Crippen LogP contribution < -0.4 is 12.4 Å². The number of hydrogen-bond donors (Lipinski definition) is 0. The van der Waals surface area contributed by atoms with Crippen molar-refractivity contribution in [3.8, 4) is 0 Å². The minimum Gasteiger partial charge on any atom is -1.00 e. The molecule has 0 nitrogen and oxygen atoms in total. The van der Waals surface area contributed by atoms with Crippen LogP contribution in [0.2, 0.25) is 13.1 Å². The SMILES string of the molecule is CCCC[P+](CCCC)(CCCC)C[Si](C)(C)Cl.[Cl-]. The van der Waals surface area contributed by atoms with E-state index in [0.717, 1.165) is 0 Å². The molecule has 0 rings (SSSR count). The molecule has 0 radical (unpaired) electrons. The minimum atomic E-state index is -1.42. The molecule has 0 fully saturated rings. The van der Waals surface area contributed by atoms with Gasteiger partial charge in [0.15, 0.2) is 7.38 Å². The first kappa shape index (κ1) is 22.5. The zero-order valence-electron chi connectivity index (χ0n) is 13.8. The highest BCUT2D eigenvalue weighted by Gasteiger charge is 2.41. The number of rotatable bonds is 11. The lowest BCUT2D eigenvalue weighted by atomic mass is 10.4. The van der Waals surface area contributed by atoms with Gasteiger partial charge in [0.25, 0.3) is 0 Å². The fourth-order valence-electron chi connectivity index (χ4n) is 2.85. The van der Waals surface area contributed by atoms with E-state index in [9.17, 15) is 0 Å². The van der Waals surface area contributed by atoms with Crippen molar-refractivity contribution in [1.82, 2.24) is 0 Å². The lowest BCUT2D eigenvalue weighted by Crippen LogP contribution is -3.00. The third-order valence-corrected chi connectivity index (χ3v) is 14.2. The van der Waals surface area contributed by atoms with Gasteiger partial charge in [0.1, 0.15) is 0 Å². The van der Waals surface area contributed by atoms with Crippen LogP contribution in [0.3, 0.4) is 0 Å². The first-order valence-corrected chi connectivity index (χ1v) is 14.7. The Morgan fingerprint density at radius 1 is 0.789 bits per heavy atom. The van der Waals surface area contributed by atoms with Crippen LogP contribution in [0.5, 0.6) is 0 Å². The van der Waals surface area contributed by atoms with Crippen LogP contribution in [-0.2, 0) is 0 Å². The molecule has 118 valence electrons. The van der Waals surface area contributed by atoms with Crippen molar-refractivity contribution in [3.63, 3.8) is 0 Å². The number of hydrogen-bond acceptors (Lipinski definition) is 0. The molecule has 0 spiro atoms. The number of halogens is 2. The van der Waals surface area contributed by atoms with E-state index in [-0.39, 0.29) is 12.4 Å². The molecule has 0 saturated heterocycles. The van der Waals surface area contributed by atoms with Gasteiger partial charge in [0, 0.05) is 7.26 Å². The molecule has 19 heavy (non-hydrogen) atoms. The first-order chi connectivity index (χ1) is 8.39. The van der Waals surface area contributed by atoms with Crippen LogP contribution in [0, 0.1) is 0 Å². The van der Waals surface area contributed by atoms with Crippen molar-refractivity contribution in [1.29, 1.82) is 0 Å². The van der Waals surface area contributed by atoms with Crippen molar-refractivity contribution in [2.45, 2.75) is 72.4 Å². The van der Waals surface area contributed by atoms with Crippen LogP contribution >= 0.6 is 18.3 Å². The molecule has 0 N–H and O–H groups in total. The summed E-state index contributed by atoms with van der Waals surface area (Å²) in [5.41, 5.74) is 0. The van der Waals surface area contributed by atoms with Gasteiger partial charge < -0.3 is 12.4 Å². The van der Waals surface area contributed by atoms with Gasteiger partial charge in [0.2, 0.25) is 0 Å². The third kappa shape index (κ3) is 11.5. The maximum atomic E-state index is 6.72. The molecular formula is C15H35Cl2PSi. The first-order valence-electron chi connectivity index (χ1n) is 7.93. The highest BCUT2D eigenvalue weighted by molar-refractivity contribution is 7.78. The fraction of sp³-hybridized carbons (Fsp3) is 1.00. The molecule has 0 aliphatic rings. The highest BCUT2D eigenvalue weighted by atomic mass is 35.6. The molecule has 4 heteroatoms. The molecular weight excluding hydrogens is 310 g/mol. The monoisotopic (exact) mass is 344 g/mol. The molecule has 0 unspecified atom stereocenters. The van der Waals surface area contributed by atoms with E-state index in [4.69, 9.17) is 11.1 Å². The summed E-state index contributed by atoms with van der Waals surface area (Å²) < 4.78 is 0. The predicted molar refractivity (Wildman–Crippen MR) is 94.4 cm³/mol. The fourth-order valence-corrected chi connectivity index (χ4v) is 17.0. The second-order valence-electron chi connectivity index (χ2n) is 6.45. The smallest absolute Gasteiger partial charge is 0.190 e. The van der Waals surface area contributed by atoms with Crippen molar-refractivity contribution >= 4 is 25.7 Å². The molecule has 0 aliphatic carbocycles. The molecule has 0 aliphatic heterocycles. The van der Waals surface area contributed by atoms with E-state index >= 15 is 0 Å². The van der Waals surface area contributed by atoms with Crippen molar-refractivity contribution in [2.75, 3.05) is 24.3 Å². The van der Waals surface area contributed by atoms with Crippen LogP contribution in [0.15, 0.2) is 0 Å². The molecule has 0 aromatic heterocycles. The summed E-state index contributed by atoms with van der Waals surface area (Å²) in [5.74, 6) is 1.43. The van der Waals surface area contributed by atoms with E-state index in [1.54, 1.807) is 0 Å². The van der Waals surface area contributed by atoms with E-state index in [2.05, 4.69) is 33.9 Å². The average molecular weight is 345 g/mol. The van der Waals surface area contributed by atoms with Gasteiger partial charge in [-0.3, -0.25) is 0 Å². The second-order valence-corrected chi connectivity index (χ2v) is 18.2. The zero-order chi connectivity index (χ0) is 14.1. The summed E-state index contributed by atoms with van der Waals surface area (Å²) in [6.45, 7) is 11.7. The van der Waals surface area contributed by atoms with Gasteiger partial charge in [-0.2, -0.15) is 11.1 Å². The molecule has 0 atom stereocenters. The average Bonchev–Trinajstić information content (AvgIpc) is 2.29. The summed E-state index contributed by atoms with van der Waals surface area (Å²) in [6.07, 6.45) is 12.9. The summed E-state index contributed by atoms with van der Waals surface area (Å²) in [4.78, 5) is 0. The van der Waals surface area contributed by atoms with E-state index in [0.29, 0.717) is 0 Å². The standard InChI is InChI=1S/C15H35ClPSi.ClH/c1-6-9-12-17(13-10-7-2,14-11-8-3)15-18(4,5)16;/h6-15H2,1-5H3;1H/q+1;/p-1. The largest absolute Gasteiger partial charge is 1.00 e. The highest BCUT2D eigenvalue weighted by Crippen LogP contribution is 2.62. The van der Waals surface area contributed by atoms with E-state index in [1.807, 2.05) is 0 Å². The molecule has 0 aromatic rings. The van der Waals surface area contributed by atoms with Gasteiger partial charge in [-0.1, -0.05) is 53.1 Å². The van der Waals surface area contributed by atoms with Gasteiger partial charge in [0.05, 0.1) is 24.3 Å². The normalized spacial score (nSPS) is 12.3. The maximum Gasteiger partial charge on any atom is 0.190 e. The molecule has 0 saturated carbocycles. The van der Waals surface area contributed by atoms with Crippen LogP contribution in [0.1, 0.15) is 59.3 Å². The Morgan fingerprint density at radius 3 is 1.32 bits per heavy atom. The van der Waals surface area contributed by atoms with E-state index < -0.39 is 14.6 Å². The lowest BCUT2D eigenvalue weighted by molar-refractivity contribution is -0.00000431. The second kappa shape index (κ2) is 11.8. The van der Waals surface area contributed by atoms with Crippen molar-refractivity contribution in [3.05, 3.63) is 0 Å². The van der Waals surface area contributed by atoms with Crippen LogP contribution in [0.4, 0.5) is 0 Å². The maximum absolute atomic E-state index is 6.72. The van der Waals surface area contributed by atoms with Gasteiger partial charge >= 0.3 is 0 Å². The van der Waals surface area contributed by atoms with Crippen molar-refractivity contribution < 1.29 is 12.4 Å². The van der Waals surface area contributed by atoms with Crippen LogP contribution in [0.25, 0.3) is 0 Å². The Kier molecular flexibility index (Phi) is 14.0. The van der Waals surface area contributed by atoms with Crippen molar-refractivity contribution in [2.24, 2.45) is 0 Å². The molecule has 0 heterocycles. The molecule has 0 aromatic carbocycles. The zero-order valence-corrected chi connectivity index (χ0v) is 17.2. The van der Waals surface area contributed by atoms with Gasteiger partial charge in [-0.15, -0.1) is 0 Å². The quantitative estimate of drug-likeness (QED) is 0.306. The van der Waals surface area contributed by atoms with Crippen LogP contribution in [-0.4, -0.2) is 31.7 Å². The lowest BCUT2D eigenvalue weighted by Gasteiger charge is -2.31. The van der Waals surface area contributed by atoms with Gasteiger partial charge in [-0.25, -0.2) is 0 Å². The summed E-state index contributed by atoms with van der Waals surface area (Å²) in [7, 11) is -2.16. The third-order valence-electron chi connectivity index (χ3n) is 3.67. The Morgan fingerprint density at radius 2 is 1.11 bits per heavy atom. The van der Waals surface area contributed by atoms with E-state index in [1.165, 1.54) is 62.8 Å². The summed E-state index contributed by atoms with van der Waals surface area (Å²) >= 11 is 6.72. The number of unbranched alkanes of at least 4 members (excludes halogenated alkanes) is 3.